The molecule has 1 fully saturated rings. The van der Waals surface area contributed by atoms with Gasteiger partial charge in [-0.2, -0.15) is 0 Å². The Bertz CT molecular complexity index is 646. The number of hydrogen-bond acceptors (Lipinski definition) is 3. The van der Waals surface area contributed by atoms with Crippen molar-refractivity contribution < 1.29 is 19.5 Å². The number of hydrogen-bond donors (Lipinski definition) is 3. The summed E-state index contributed by atoms with van der Waals surface area (Å²) in [7, 11) is 0. The number of rotatable bonds is 5. The zero-order valence-electron chi connectivity index (χ0n) is 15.0. The Balaban J connectivity index is 1.96. The molecule has 1 aliphatic carbocycles. The number of benzene rings is 1. The van der Waals surface area contributed by atoms with Crippen LogP contribution < -0.4 is 10.6 Å². The molecule has 1 aliphatic rings. The van der Waals surface area contributed by atoms with Crippen molar-refractivity contribution >= 4 is 17.8 Å². The molecule has 136 valence electrons. The Kier molecular flexibility index (Phi) is 5.82. The third kappa shape index (κ3) is 5.31. The molecule has 2 amide bonds. The lowest BCUT2D eigenvalue weighted by atomic mass is 9.97. The molecule has 0 radical (unpaired) electrons. The fourth-order valence-electron chi connectivity index (χ4n) is 2.90. The number of carboxylic acids is 1. The van der Waals surface area contributed by atoms with Crippen LogP contribution in [0.3, 0.4) is 0 Å². The van der Waals surface area contributed by atoms with Crippen LogP contribution in [0.15, 0.2) is 24.3 Å². The summed E-state index contributed by atoms with van der Waals surface area (Å²) >= 11 is 0. The molecule has 25 heavy (non-hydrogen) atoms. The van der Waals surface area contributed by atoms with E-state index < -0.39 is 11.9 Å². The molecule has 0 aromatic heterocycles. The minimum Gasteiger partial charge on any atom is -0.481 e. The Morgan fingerprint density at radius 3 is 2.12 bits per heavy atom. The Morgan fingerprint density at radius 1 is 1.04 bits per heavy atom. The van der Waals surface area contributed by atoms with Crippen molar-refractivity contribution in [3.8, 4) is 0 Å². The standard InChI is InChI=1S/C19H26N2O4/c1-19(2,3)11-20-16(22)12-7-9-13(10-8-12)17(23)21-15-6-4-5-14(15)18(24)25/h7-10,14-15H,4-6,11H2,1-3H3,(H,20,22)(H,21,23)(H,24,25)/t14-,15+/m0/s1. The first-order chi connectivity index (χ1) is 11.7. The van der Waals surface area contributed by atoms with Gasteiger partial charge in [-0.1, -0.05) is 27.2 Å². The Labute approximate surface area is 148 Å². The summed E-state index contributed by atoms with van der Waals surface area (Å²) in [4.78, 5) is 35.6. The first kappa shape index (κ1) is 19.0. The highest BCUT2D eigenvalue weighted by Crippen LogP contribution is 2.26. The van der Waals surface area contributed by atoms with Crippen molar-refractivity contribution in [3.05, 3.63) is 35.4 Å². The number of nitrogens with one attached hydrogen (secondary N) is 2. The third-order valence-corrected chi connectivity index (χ3v) is 4.34. The summed E-state index contributed by atoms with van der Waals surface area (Å²) in [6.45, 7) is 6.67. The van der Waals surface area contributed by atoms with Gasteiger partial charge in [0, 0.05) is 23.7 Å². The van der Waals surface area contributed by atoms with Gasteiger partial charge in [0.15, 0.2) is 0 Å². The average molecular weight is 346 g/mol. The van der Waals surface area contributed by atoms with E-state index in [1.807, 2.05) is 20.8 Å². The van der Waals surface area contributed by atoms with Gasteiger partial charge >= 0.3 is 5.97 Å². The molecule has 1 aromatic carbocycles. The van der Waals surface area contributed by atoms with Crippen molar-refractivity contribution in [2.24, 2.45) is 11.3 Å². The van der Waals surface area contributed by atoms with Crippen molar-refractivity contribution in [3.63, 3.8) is 0 Å². The summed E-state index contributed by atoms with van der Waals surface area (Å²) in [6.07, 6.45) is 2.07. The van der Waals surface area contributed by atoms with Gasteiger partial charge in [-0.15, -0.1) is 0 Å². The van der Waals surface area contributed by atoms with E-state index in [9.17, 15) is 19.5 Å². The zero-order valence-corrected chi connectivity index (χ0v) is 15.0. The Hall–Kier alpha value is -2.37. The maximum atomic E-state index is 12.3. The summed E-state index contributed by atoms with van der Waals surface area (Å²) in [6, 6.07) is 6.06. The minimum absolute atomic E-state index is 0.00253. The monoisotopic (exact) mass is 346 g/mol. The second-order valence-electron chi connectivity index (χ2n) is 7.78. The first-order valence-electron chi connectivity index (χ1n) is 8.59. The molecular weight excluding hydrogens is 320 g/mol. The maximum absolute atomic E-state index is 12.3. The van der Waals surface area contributed by atoms with Gasteiger partial charge in [-0.05, 0) is 42.5 Å². The van der Waals surface area contributed by atoms with E-state index in [-0.39, 0.29) is 23.3 Å². The minimum atomic E-state index is -0.867. The summed E-state index contributed by atoms with van der Waals surface area (Å²) in [5, 5.41) is 14.8. The molecule has 0 bridgehead atoms. The number of amides is 2. The first-order valence-corrected chi connectivity index (χ1v) is 8.59. The maximum Gasteiger partial charge on any atom is 0.308 e. The van der Waals surface area contributed by atoms with E-state index in [1.54, 1.807) is 24.3 Å². The summed E-state index contributed by atoms with van der Waals surface area (Å²) in [5.74, 6) is -1.87. The van der Waals surface area contributed by atoms with Crippen LogP contribution in [0, 0.1) is 11.3 Å². The Morgan fingerprint density at radius 2 is 1.60 bits per heavy atom. The molecule has 0 saturated heterocycles. The second-order valence-corrected chi connectivity index (χ2v) is 7.78. The molecule has 3 N–H and O–H groups in total. The van der Waals surface area contributed by atoms with Crippen LogP contribution >= 0.6 is 0 Å². The van der Waals surface area contributed by atoms with Gasteiger partial charge in [-0.25, -0.2) is 0 Å². The smallest absolute Gasteiger partial charge is 0.308 e. The van der Waals surface area contributed by atoms with Gasteiger partial charge < -0.3 is 15.7 Å². The highest BCUT2D eigenvalue weighted by atomic mass is 16.4. The molecule has 0 unspecified atom stereocenters. The molecule has 2 atom stereocenters. The lowest BCUT2D eigenvalue weighted by Gasteiger charge is -2.19. The summed E-state index contributed by atoms with van der Waals surface area (Å²) < 4.78 is 0. The van der Waals surface area contributed by atoms with Crippen LogP contribution in [0.25, 0.3) is 0 Å². The van der Waals surface area contributed by atoms with Crippen molar-refractivity contribution in [2.75, 3.05) is 6.54 Å². The van der Waals surface area contributed by atoms with Gasteiger partial charge in [-0.3, -0.25) is 14.4 Å². The van der Waals surface area contributed by atoms with Crippen molar-refractivity contribution in [1.82, 2.24) is 10.6 Å². The predicted molar refractivity (Wildman–Crippen MR) is 94.5 cm³/mol. The van der Waals surface area contributed by atoms with E-state index in [0.717, 1.165) is 6.42 Å². The predicted octanol–water partition coefficient (Wildman–Crippen LogP) is 2.45. The van der Waals surface area contributed by atoms with Crippen LogP contribution in [-0.4, -0.2) is 35.5 Å². The molecule has 1 saturated carbocycles. The van der Waals surface area contributed by atoms with Crippen molar-refractivity contribution in [2.45, 2.75) is 46.1 Å². The molecule has 6 nitrogen and oxygen atoms in total. The number of carbonyl (C=O) groups excluding carboxylic acids is 2. The highest BCUT2D eigenvalue weighted by molar-refractivity contribution is 5.98. The lowest BCUT2D eigenvalue weighted by Crippen LogP contribution is -2.40. The molecule has 1 aromatic rings. The van der Waals surface area contributed by atoms with Gasteiger partial charge in [0.2, 0.25) is 0 Å². The average Bonchev–Trinajstić information content (AvgIpc) is 3.00. The lowest BCUT2D eigenvalue weighted by molar-refractivity contribution is -0.142. The molecule has 6 heteroatoms. The van der Waals surface area contributed by atoms with E-state index in [2.05, 4.69) is 10.6 Å². The second kappa shape index (κ2) is 7.68. The van der Waals surface area contributed by atoms with Gasteiger partial charge in [0.1, 0.15) is 0 Å². The van der Waals surface area contributed by atoms with Gasteiger partial charge in [0.25, 0.3) is 11.8 Å². The highest BCUT2D eigenvalue weighted by Gasteiger charge is 2.34. The third-order valence-electron chi connectivity index (χ3n) is 4.34. The SMILES string of the molecule is CC(C)(C)CNC(=O)c1ccc(C(=O)N[C@@H]2CCC[C@@H]2C(=O)O)cc1. The van der Waals surface area contributed by atoms with E-state index in [4.69, 9.17) is 0 Å². The number of aliphatic carboxylic acids is 1. The fraction of sp³-hybridized carbons (Fsp3) is 0.526. The fourth-order valence-corrected chi connectivity index (χ4v) is 2.90. The molecule has 2 rings (SSSR count). The van der Waals surface area contributed by atoms with Crippen LogP contribution in [-0.2, 0) is 4.79 Å². The molecule has 0 aliphatic heterocycles. The van der Waals surface area contributed by atoms with E-state index in [1.165, 1.54) is 0 Å². The van der Waals surface area contributed by atoms with Crippen LogP contribution in [0.5, 0.6) is 0 Å². The van der Waals surface area contributed by atoms with E-state index in [0.29, 0.717) is 30.5 Å². The largest absolute Gasteiger partial charge is 0.481 e. The molecule has 0 heterocycles. The van der Waals surface area contributed by atoms with E-state index >= 15 is 0 Å². The van der Waals surface area contributed by atoms with Crippen LogP contribution in [0.4, 0.5) is 0 Å². The summed E-state index contributed by atoms with van der Waals surface area (Å²) in [5.41, 5.74) is 0.908. The zero-order chi connectivity index (χ0) is 18.6. The number of carboxylic acid groups (broad SMARTS) is 1. The van der Waals surface area contributed by atoms with Crippen molar-refractivity contribution in [1.29, 1.82) is 0 Å². The van der Waals surface area contributed by atoms with Crippen LogP contribution in [0.2, 0.25) is 0 Å². The number of carbonyl (C=O) groups is 3. The molecule has 0 spiro atoms. The topological polar surface area (TPSA) is 95.5 Å². The van der Waals surface area contributed by atoms with Crippen LogP contribution in [0.1, 0.15) is 60.7 Å². The molecular formula is C19H26N2O4. The van der Waals surface area contributed by atoms with Gasteiger partial charge in [0.05, 0.1) is 5.92 Å². The normalized spacial score (nSPS) is 20.1. The quantitative estimate of drug-likeness (QED) is 0.763.